The molecule has 2 fully saturated rings. The molecule has 1 aliphatic heterocycles. The molecule has 1 saturated heterocycles. The predicted octanol–water partition coefficient (Wildman–Crippen LogP) is 0.607. The first-order valence-corrected chi connectivity index (χ1v) is 5.26. The van der Waals surface area contributed by atoms with Crippen LogP contribution in [0.25, 0.3) is 0 Å². The second kappa shape index (κ2) is 3.66. The highest BCUT2D eigenvalue weighted by atomic mass is 16.2. The lowest BCUT2D eigenvalue weighted by molar-refractivity contribution is -0.131. The number of hydrogen-bond donors (Lipinski definition) is 1. The molecule has 2 aliphatic rings. The number of likely N-dealkylation sites (N-methyl/N-ethyl adjacent to an activating group) is 1. The lowest BCUT2D eigenvalue weighted by Gasteiger charge is -2.20. The van der Waals surface area contributed by atoms with Gasteiger partial charge in [0.15, 0.2) is 0 Å². The lowest BCUT2D eigenvalue weighted by atomic mass is 10.2. The summed E-state index contributed by atoms with van der Waals surface area (Å²) in [5.74, 6) is 1.10. The monoisotopic (exact) mass is 182 g/mol. The van der Waals surface area contributed by atoms with E-state index in [4.69, 9.17) is 0 Å². The average Bonchev–Trinajstić information content (AvgIpc) is 2.78. The zero-order chi connectivity index (χ0) is 9.26. The molecule has 1 amide bonds. The normalized spacial score (nSPS) is 27.6. The van der Waals surface area contributed by atoms with Crippen molar-refractivity contribution in [2.24, 2.45) is 5.92 Å². The number of hydrogen-bond acceptors (Lipinski definition) is 2. The molecule has 74 valence electrons. The summed E-state index contributed by atoms with van der Waals surface area (Å²) in [6, 6.07) is 0.115. The summed E-state index contributed by atoms with van der Waals surface area (Å²) in [6.07, 6.45) is 4.80. The van der Waals surface area contributed by atoms with E-state index in [0.29, 0.717) is 5.91 Å². The van der Waals surface area contributed by atoms with Crippen molar-refractivity contribution in [1.29, 1.82) is 0 Å². The molecule has 0 aromatic carbocycles. The van der Waals surface area contributed by atoms with Crippen molar-refractivity contribution in [3.8, 4) is 0 Å². The number of nitrogens with zero attached hydrogens (tertiary/aromatic N) is 1. The summed E-state index contributed by atoms with van der Waals surface area (Å²) < 4.78 is 0. The van der Waals surface area contributed by atoms with Crippen LogP contribution in [0.15, 0.2) is 0 Å². The first kappa shape index (κ1) is 9.00. The Labute approximate surface area is 79.5 Å². The van der Waals surface area contributed by atoms with Gasteiger partial charge < -0.3 is 10.2 Å². The molecule has 3 heteroatoms. The van der Waals surface area contributed by atoms with E-state index < -0.39 is 0 Å². The van der Waals surface area contributed by atoms with Crippen molar-refractivity contribution in [1.82, 2.24) is 10.2 Å². The molecular formula is C10H18N2O. The van der Waals surface area contributed by atoms with Crippen LogP contribution in [-0.4, -0.2) is 37.0 Å². The molecule has 1 N–H and O–H groups in total. The SMILES string of the molecule is CN(CC1CC1)C(=O)[C@@H]1CCCN1. The van der Waals surface area contributed by atoms with E-state index in [-0.39, 0.29) is 6.04 Å². The predicted molar refractivity (Wildman–Crippen MR) is 51.4 cm³/mol. The second-order valence-electron chi connectivity index (χ2n) is 4.31. The van der Waals surface area contributed by atoms with Crippen molar-refractivity contribution in [3.63, 3.8) is 0 Å². The zero-order valence-corrected chi connectivity index (χ0v) is 8.25. The fraction of sp³-hybridized carbons (Fsp3) is 0.900. The van der Waals surface area contributed by atoms with Crippen LogP contribution in [-0.2, 0) is 4.79 Å². The van der Waals surface area contributed by atoms with Crippen LogP contribution in [0, 0.1) is 5.92 Å². The lowest BCUT2D eigenvalue weighted by Crippen LogP contribution is -2.42. The number of nitrogens with one attached hydrogen (secondary N) is 1. The Kier molecular flexibility index (Phi) is 2.54. The molecule has 0 bridgehead atoms. The third kappa shape index (κ3) is 2.21. The fourth-order valence-corrected chi connectivity index (χ4v) is 1.94. The van der Waals surface area contributed by atoms with Crippen molar-refractivity contribution >= 4 is 5.91 Å². The molecular weight excluding hydrogens is 164 g/mol. The highest BCUT2D eigenvalue weighted by Gasteiger charge is 2.29. The molecule has 0 aromatic rings. The summed E-state index contributed by atoms with van der Waals surface area (Å²) in [5, 5.41) is 3.24. The van der Waals surface area contributed by atoms with Gasteiger partial charge in [-0.25, -0.2) is 0 Å². The smallest absolute Gasteiger partial charge is 0.239 e. The summed E-state index contributed by atoms with van der Waals surface area (Å²) in [4.78, 5) is 13.7. The molecule has 0 radical (unpaired) electrons. The van der Waals surface area contributed by atoms with Gasteiger partial charge in [-0.05, 0) is 38.1 Å². The molecule has 1 heterocycles. The third-order valence-corrected chi connectivity index (χ3v) is 2.96. The molecule has 0 spiro atoms. The summed E-state index contributed by atoms with van der Waals surface area (Å²) in [5.41, 5.74) is 0. The Morgan fingerprint density at radius 2 is 2.23 bits per heavy atom. The van der Waals surface area contributed by atoms with Crippen LogP contribution in [0.2, 0.25) is 0 Å². The number of amides is 1. The van der Waals surface area contributed by atoms with Gasteiger partial charge in [0.1, 0.15) is 0 Å². The minimum Gasteiger partial charge on any atom is -0.344 e. The van der Waals surface area contributed by atoms with Gasteiger partial charge in [-0.15, -0.1) is 0 Å². The Balaban J connectivity index is 1.79. The van der Waals surface area contributed by atoms with E-state index in [0.717, 1.165) is 31.8 Å². The summed E-state index contributed by atoms with van der Waals surface area (Å²) in [7, 11) is 1.93. The van der Waals surface area contributed by atoms with E-state index in [9.17, 15) is 4.79 Å². The van der Waals surface area contributed by atoms with Gasteiger partial charge in [-0.1, -0.05) is 0 Å². The van der Waals surface area contributed by atoms with Crippen molar-refractivity contribution in [2.75, 3.05) is 20.1 Å². The van der Waals surface area contributed by atoms with Crippen LogP contribution in [0.3, 0.4) is 0 Å². The third-order valence-electron chi connectivity index (χ3n) is 2.96. The molecule has 2 rings (SSSR count). The van der Waals surface area contributed by atoms with Crippen LogP contribution in [0.1, 0.15) is 25.7 Å². The maximum Gasteiger partial charge on any atom is 0.239 e. The molecule has 3 nitrogen and oxygen atoms in total. The Hall–Kier alpha value is -0.570. The van der Waals surface area contributed by atoms with Gasteiger partial charge >= 0.3 is 0 Å². The average molecular weight is 182 g/mol. The van der Waals surface area contributed by atoms with Gasteiger partial charge in [0.2, 0.25) is 5.91 Å². The minimum atomic E-state index is 0.115. The van der Waals surface area contributed by atoms with Gasteiger partial charge in [-0.3, -0.25) is 4.79 Å². The maximum absolute atomic E-state index is 11.8. The largest absolute Gasteiger partial charge is 0.344 e. The maximum atomic E-state index is 11.8. The van der Waals surface area contributed by atoms with E-state index in [1.165, 1.54) is 12.8 Å². The fourth-order valence-electron chi connectivity index (χ4n) is 1.94. The van der Waals surface area contributed by atoms with Gasteiger partial charge in [0.25, 0.3) is 0 Å². The summed E-state index contributed by atoms with van der Waals surface area (Å²) in [6.45, 7) is 1.98. The van der Waals surface area contributed by atoms with Gasteiger partial charge in [-0.2, -0.15) is 0 Å². The molecule has 1 aliphatic carbocycles. The van der Waals surface area contributed by atoms with E-state index in [2.05, 4.69) is 5.32 Å². The molecule has 13 heavy (non-hydrogen) atoms. The quantitative estimate of drug-likeness (QED) is 0.693. The topological polar surface area (TPSA) is 32.3 Å². The Morgan fingerprint density at radius 1 is 1.46 bits per heavy atom. The second-order valence-corrected chi connectivity index (χ2v) is 4.31. The number of carbonyl (C=O) groups excluding carboxylic acids is 1. The van der Waals surface area contributed by atoms with Crippen LogP contribution >= 0.6 is 0 Å². The minimum absolute atomic E-state index is 0.115. The zero-order valence-electron chi connectivity index (χ0n) is 8.25. The number of rotatable bonds is 3. The van der Waals surface area contributed by atoms with Gasteiger partial charge in [0.05, 0.1) is 6.04 Å². The molecule has 0 aromatic heterocycles. The van der Waals surface area contributed by atoms with E-state index >= 15 is 0 Å². The van der Waals surface area contributed by atoms with Crippen LogP contribution in [0.4, 0.5) is 0 Å². The summed E-state index contributed by atoms with van der Waals surface area (Å²) >= 11 is 0. The van der Waals surface area contributed by atoms with Crippen molar-refractivity contribution in [3.05, 3.63) is 0 Å². The molecule has 1 saturated carbocycles. The van der Waals surface area contributed by atoms with Crippen LogP contribution in [0.5, 0.6) is 0 Å². The Bertz CT molecular complexity index is 195. The van der Waals surface area contributed by atoms with Crippen LogP contribution < -0.4 is 5.32 Å². The highest BCUT2D eigenvalue weighted by Crippen LogP contribution is 2.29. The first-order valence-electron chi connectivity index (χ1n) is 5.26. The molecule has 0 unspecified atom stereocenters. The van der Waals surface area contributed by atoms with Crippen molar-refractivity contribution < 1.29 is 4.79 Å². The van der Waals surface area contributed by atoms with E-state index in [1.807, 2.05) is 11.9 Å². The van der Waals surface area contributed by atoms with E-state index in [1.54, 1.807) is 0 Å². The van der Waals surface area contributed by atoms with Crippen molar-refractivity contribution in [2.45, 2.75) is 31.7 Å². The Morgan fingerprint density at radius 3 is 2.77 bits per heavy atom. The highest BCUT2D eigenvalue weighted by molar-refractivity contribution is 5.81. The standard InChI is InChI=1S/C10H18N2O/c1-12(7-8-4-5-8)10(13)9-3-2-6-11-9/h8-9,11H,2-7H2,1H3/t9-/m0/s1. The number of carbonyl (C=O) groups is 1. The molecule has 1 atom stereocenters. The van der Waals surface area contributed by atoms with Gasteiger partial charge in [0, 0.05) is 13.6 Å². The first-order chi connectivity index (χ1) is 6.27.